The maximum absolute atomic E-state index is 11.6. The summed E-state index contributed by atoms with van der Waals surface area (Å²) in [6.45, 7) is 1.70. The zero-order valence-electron chi connectivity index (χ0n) is 9.47. The molecule has 0 aliphatic heterocycles. The molecule has 0 saturated carbocycles. The summed E-state index contributed by atoms with van der Waals surface area (Å²) in [6.07, 6.45) is 0.302. The van der Waals surface area contributed by atoms with Crippen molar-refractivity contribution in [2.24, 2.45) is 0 Å². The van der Waals surface area contributed by atoms with Gasteiger partial charge in [-0.05, 0) is 24.6 Å². The van der Waals surface area contributed by atoms with Crippen LogP contribution < -0.4 is 5.76 Å². The summed E-state index contributed by atoms with van der Waals surface area (Å²) < 4.78 is 6.49. The van der Waals surface area contributed by atoms with Crippen LogP contribution >= 0.6 is 0 Å². The number of fused-ring (bicyclic) bond motifs is 1. The first kappa shape index (κ1) is 11.6. The van der Waals surface area contributed by atoms with Gasteiger partial charge in [-0.2, -0.15) is 0 Å². The van der Waals surface area contributed by atoms with Crippen molar-refractivity contribution >= 4 is 16.9 Å². The van der Waals surface area contributed by atoms with Crippen LogP contribution in [0.25, 0.3) is 11.1 Å². The molecule has 0 fully saturated rings. The van der Waals surface area contributed by atoms with E-state index in [1.165, 1.54) is 11.5 Å². The summed E-state index contributed by atoms with van der Waals surface area (Å²) in [4.78, 5) is 22.5. The zero-order chi connectivity index (χ0) is 12.4. The number of carbonyl (C=O) groups is 1. The van der Waals surface area contributed by atoms with Crippen LogP contribution in [0.4, 0.5) is 0 Å². The van der Waals surface area contributed by atoms with Crippen LogP contribution in [-0.2, 0) is 17.9 Å². The fourth-order valence-electron chi connectivity index (χ4n) is 1.69. The van der Waals surface area contributed by atoms with Crippen LogP contribution in [0, 0.1) is 0 Å². The SMILES string of the molecule is CC(=O)CCn1c(=O)oc2cc(CO)ccc21. The van der Waals surface area contributed by atoms with Crippen molar-refractivity contribution < 1.29 is 14.3 Å². The Morgan fingerprint density at radius 2 is 2.24 bits per heavy atom. The molecule has 1 heterocycles. The average Bonchev–Trinajstić information content (AvgIpc) is 2.60. The van der Waals surface area contributed by atoms with E-state index in [1.807, 2.05) is 0 Å². The van der Waals surface area contributed by atoms with Gasteiger partial charge in [-0.25, -0.2) is 4.79 Å². The predicted molar refractivity (Wildman–Crippen MR) is 61.7 cm³/mol. The standard InChI is InChI=1S/C12H13NO4/c1-8(15)4-5-13-10-3-2-9(7-14)6-11(10)17-12(13)16/h2-3,6,14H,4-5,7H2,1H3. The smallest absolute Gasteiger partial charge is 0.408 e. The molecule has 90 valence electrons. The number of aliphatic hydroxyl groups is 1. The molecule has 5 nitrogen and oxygen atoms in total. The van der Waals surface area contributed by atoms with Gasteiger partial charge in [-0.1, -0.05) is 6.07 Å². The molecule has 2 rings (SSSR count). The molecular formula is C12H13NO4. The molecule has 1 aromatic carbocycles. The molecule has 2 aromatic rings. The number of aryl methyl sites for hydroxylation is 1. The summed E-state index contributed by atoms with van der Waals surface area (Å²) >= 11 is 0. The van der Waals surface area contributed by atoms with Gasteiger partial charge in [0.2, 0.25) is 0 Å². The monoisotopic (exact) mass is 235 g/mol. The Morgan fingerprint density at radius 1 is 1.47 bits per heavy atom. The first-order chi connectivity index (χ1) is 8.11. The molecule has 1 N–H and O–H groups in total. The lowest BCUT2D eigenvalue weighted by Gasteiger charge is -2.00. The number of aliphatic hydroxyl groups excluding tert-OH is 1. The van der Waals surface area contributed by atoms with E-state index in [2.05, 4.69) is 0 Å². The molecular weight excluding hydrogens is 222 g/mol. The highest BCUT2D eigenvalue weighted by molar-refractivity contribution is 5.76. The average molecular weight is 235 g/mol. The molecule has 0 radical (unpaired) electrons. The Hall–Kier alpha value is -1.88. The van der Waals surface area contributed by atoms with Gasteiger partial charge in [0, 0.05) is 13.0 Å². The van der Waals surface area contributed by atoms with E-state index in [0.29, 0.717) is 29.6 Å². The third-order valence-electron chi connectivity index (χ3n) is 2.60. The number of benzene rings is 1. The number of hydrogen-bond donors (Lipinski definition) is 1. The third kappa shape index (κ3) is 2.29. The van der Waals surface area contributed by atoms with Crippen LogP contribution in [0.1, 0.15) is 18.9 Å². The number of rotatable bonds is 4. The second-order valence-corrected chi connectivity index (χ2v) is 3.93. The normalized spacial score (nSPS) is 10.9. The molecule has 1 aromatic heterocycles. The number of nitrogens with zero attached hydrogens (tertiary/aromatic N) is 1. The predicted octanol–water partition coefficient (Wildman–Crippen LogP) is 1.07. The van der Waals surface area contributed by atoms with Crippen molar-refractivity contribution in [1.82, 2.24) is 4.57 Å². The maximum Gasteiger partial charge on any atom is 0.419 e. The number of hydrogen-bond acceptors (Lipinski definition) is 4. The first-order valence-corrected chi connectivity index (χ1v) is 5.34. The van der Waals surface area contributed by atoms with Gasteiger partial charge in [-0.15, -0.1) is 0 Å². The van der Waals surface area contributed by atoms with Crippen molar-refractivity contribution in [2.75, 3.05) is 0 Å². The molecule has 0 aliphatic carbocycles. The first-order valence-electron chi connectivity index (χ1n) is 5.34. The highest BCUT2D eigenvalue weighted by Gasteiger charge is 2.09. The Labute approximate surface area is 97.3 Å². The van der Waals surface area contributed by atoms with Crippen molar-refractivity contribution in [3.63, 3.8) is 0 Å². The summed E-state index contributed by atoms with van der Waals surface area (Å²) in [7, 11) is 0. The largest absolute Gasteiger partial charge is 0.419 e. The lowest BCUT2D eigenvalue weighted by atomic mass is 10.2. The van der Waals surface area contributed by atoms with Crippen molar-refractivity contribution in [3.05, 3.63) is 34.3 Å². The van der Waals surface area contributed by atoms with Crippen molar-refractivity contribution in [3.8, 4) is 0 Å². The third-order valence-corrected chi connectivity index (χ3v) is 2.60. The zero-order valence-corrected chi connectivity index (χ0v) is 9.47. The Morgan fingerprint density at radius 3 is 2.88 bits per heavy atom. The number of aromatic nitrogens is 1. The lowest BCUT2D eigenvalue weighted by molar-refractivity contribution is -0.117. The van der Waals surface area contributed by atoms with Gasteiger partial charge in [0.1, 0.15) is 5.78 Å². The topological polar surface area (TPSA) is 72.4 Å². The van der Waals surface area contributed by atoms with Gasteiger partial charge in [0.15, 0.2) is 5.58 Å². The Bertz CT molecular complexity index is 608. The second kappa shape index (κ2) is 4.55. The fourth-order valence-corrected chi connectivity index (χ4v) is 1.69. The second-order valence-electron chi connectivity index (χ2n) is 3.93. The molecule has 0 bridgehead atoms. The van der Waals surface area contributed by atoms with Gasteiger partial charge in [0.25, 0.3) is 0 Å². The number of carbonyl (C=O) groups excluding carboxylic acids is 1. The van der Waals surface area contributed by atoms with Gasteiger partial charge in [-0.3, -0.25) is 9.36 Å². The van der Waals surface area contributed by atoms with E-state index >= 15 is 0 Å². The molecule has 0 unspecified atom stereocenters. The highest BCUT2D eigenvalue weighted by atomic mass is 16.4. The Kier molecular flexibility index (Phi) is 3.10. The Balaban J connectivity index is 2.45. The molecule has 0 aliphatic rings. The van der Waals surface area contributed by atoms with E-state index in [9.17, 15) is 9.59 Å². The van der Waals surface area contributed by atoms with Crippen LogP contribution in [-0.4, -0.2) is 15.5 Å². The van der Waals surface area contributed by atoms with Crippen molar-refractivity contribution in [1.29, 1.82) is 0 Å². The van der Waals surface area contributed by atoms with E-state index in [1.54, 1.807) is 18.2 Å². The summed E-state index contributed by atoms with van der Waals surface area (Å²) in [5, 5.41) is 8.98. The molecule has 0 atom stereocenters. The minimum atomic E-state index is -0.476. The molecule has 5 heteroatoms. The number of oxazole rings is 1. The highest BCUT2D eigenvalue weighted by Crippen LogP contribution is 2.15. The van der Waals surface area contributed by atoms with E-state index in [-0.39, 0.29) is 12.4 Å². The molecule has 0 saturated heterocycles. The summed E-state index contributed by atoms with van der Waals surface area (Å²) in [5.74, 6) is -0.449. The minimum absolute atomic E-state index is 0.0261. The number of ketones is 1. The van der Waals surface area contributed by atoms with Crippen molar-refractivity contribution in [2.45, 2.75) is 26.5 Å². The lowest BCUT2D eigenvalue weighted by Crippen LogP contribution is -2.15. The van der Waals surface area contributed by atoms with E-state index in [4.69, 9.17) is 9.52 Å². The van der Waals surface area contributed by atoms with Gasteiger partial charge < -0.3 is 9.52 Å². The van der Waals surface area contributed by atoms with Crippen LogP contribution in [0.3, 0.4) is 0 Å². The van der Waals surface area contributed by atoms with Crippen LogP contribution in [0.15, 0.2) is 27.4 Å². The van der Waals surface area contributed by atoms with Crippen LogP contribution in [0.5, 0.6) is 0 Å². The van der Waals surface area contributed by atoms with E-state index in [0.717, 1.165) is 0 Å². The fraction of sp³-hybridized carbons (Fsp3) is 0.333. The van der Waals surface area contributed by atoms with E-state index < -0.39 is 5.76 Å². The molecule has 0 amide bonds. The summed E-state index contributed by atoms with van der Waals surface area (Å²) in [6, 6.07) is 5.06. The van der Waals surface area contributed by atoms with Gasteiger partial charge >= 0.3 is 5.76 Å². The van der Waals surface area contributed by atoms with Crippen LogP contribution in [0.2, 0.25) is 0 Å². The number of Topliss-reactive ketones (excluding diaryl/α,β-unsaturated/α-hetero) is 1. The molecule has 17 heavy (non-hydrogen) atoms. The quantitative estimate of drug-likeness (QED) is 0.860. The summed E-state index contributed by atoms with van der Waals surface area (Å²) in [5.41, 5.74) is 1.77. The maximum atomic E-state index is 11.6. The minimum Gasteiger partial charge on any atom is -0.408 e. The molecule has 0 spiro atoms. The van der Waals surface area contributed by atoms with Gasteiger partial charge in [0.05, 0.1) is 12.1 Å².